The van der Waals surface area contributed by atoms with Crippen molar-refractivity contribution < 1.29 is 9.53 Å². The maximum absolute atomic E-state index is 11.1. The van der Waals surface area contributed by atoms with Crippen LogP contribution in [0.1, 0.15) is 13.3 Å². The zero-order valence-corrected chi connectivity index (χ0v) is 7.89. The van der Waals surface area contributed by atoms with Crippen LogP contribution in [0, 0.1) is 0 Å². The molecule has 1 aliphatic heterocycles. The third-order valence-corrected chi connectivity index (χ3v) is 3.30. The molecule has 1 unspecified atom stereocenters. The molecule has 0 radical (unpaired) electrons. The second-order valence-electron chi connectivity index (χ2n) is 2.70. The first-order valence-electron chi connectivity index (χ1n) is 4.01. The van der Waals surface area contributed by atoms with Crippen molar-refractivity contribution in [2.75, 3.05) is 13.2 Å². The van der Waals surface area contributed by atoms with Crippen molar-refractivity contribution in [3.05, 3.63) is 0 Å². The Morgan fingerprint density at radius 3 is 2.83 bits per heavy atom. The molecule has 70 valence electrons. The predicted octanol–water partition coefficient (Wildman–Crippen LogP) is -0.113. The Morgan fingerprint density at radius 1 is 1.83 bits per heavy atom. The van der Waals surface area contributed by atoms with Gasteiger partial charge in [0.25, 0.3) is 0 Å². The molecule has 3 N–H and O–H groups in total. The van der Waals surface area contributed by atoms with Gasteiger partial charge in [0.05, 0.1) is 23.7 Å². The van der Waals surface area contributed by atoms with E-state index < -0.39 is 0 Å². The molecule has 0 bridgehead atoms. The Hall–Kier alpha value is -0.260. The lowest BCUT2D eigenvalue weighted by atomic mass is 10.3. The number of rotatable bonds is 4. The van der Waals surface area contributed by atoms with Crippen LogP contribution in [0.25, 0.3) is 0 Å². The van der Waals surface area contributed by atoms with Crippen LogP contribution in [0.2, 0.25) is 0 Å². The predicted molar refractivity (Wildman–Crippen MR) is 48.6 cm³/mol. The van der Waals surface area contributed by atoms with E-state index >= 15 is 0 Å². The van der Waals surface area contributed by atoms with Crippen molar-refractivity contribution in [1.29, 1.82) is 0 Å². The van der Waals surface area contributed by atoms with E-state index in [4.69, 9.17) is 10.6 Å². The second-order valence-corrected chi connectivity index (χ2v) is 4.21. The smallest absolute Gasteiger partial charge is 0.246 e. The molecule has 0 aromatic heterocycles. The SMILES string of the molecule is CCC(SC1COC1)C(=O)NN. The summed E-state index contributed by atoms with van der Waals surface area (Å²) in [4.78, 5) is 11.1. The minimum absolute atomic E-state index is 0.0242. The lowest BCUT2D eigenvalue weighted by Gasteiger charge is -2.28. The highest BCUT2D eigenvalue weighted by atomic mass is 32.2. The summed E-state index contributed by atoms with van der Waals surface area (Å²) in [6, 6.07) is 0. The Bertz CT molecular complexity index is 161. The molecule has 1 rings (SSSR count). The fourth-order valence-corrected chi connectivity index (χ4v) is 2.16. The van der Waals surface area contributed by atoms with Crippen LogP contribution in [0.4, 0.5) is 0 Å². The highest BCUT2D eigenvalue weighted by Gasteiger charge is 2.26. The summed E-state index contributed by atoms with van der Waals surface area (Å²) >= 11 is 1.65. The Labute approximate surface area is 76.2 Å². The van der Waals surface area contributed by atoms with Crippen LogP contribution in [0.3, 0.4) is 0 Å². The number of hydrogen-bond acceptors (Lipinski definition) is 4. The zero-order valence-electron chi connectivity index (χ0n) is 7.08. The molecule has 1 aliphatic rings. The minimum atomic E-state index is -0.0885. The molecule has 1 saturated heterocycles. The van der Waals surface area contributed by atoms with E-state index in [1.54, 1.807) is 11.8 Å². The van der Waals surface area contributed by atoms with E-state index in [9.17, 15) is 4.79 Å². The summed E-state index contributed by atoms with van der Waals surface area (Å²) in [6.07, 6.45) is 0.810. The van der Waals surface area contributed by atoms with Gasteiger partial charge in [0.2, 0.25) is 5.91 Å². The number of hydrazine groups is 1. The van der Waals surface area contributed by atoms with E-state index in [-0.39, 0.29) is 11.2 Å². The Kier molecular flexibility index (Phi) is 3.84. The number of thioether (sulfide) groups is 1. The van der Waals surface area contributed by atoms with Gasteiger partial charge in [-0.25, -0.2) is 5.84 Å². The van der Waals surface area contributed by atoms with E-state index in [2.05, 4.69) is 5.43 Å². The first-order valence-corrected chi connectivity index (χ1v) is 4.95. The zero-order chi connectivity index (χ0) is 8.97. The van der Waals surface area contributed by atoms with Crippen molar-refractivity contribution in [2.45, 2.75) is 23.8 Å². The van der Waals surface area contributed by atoms with Crippen LogP contribution in [0.5, 0.6) is 0 Å². The lowest BCUT2D eigenvalue weighted by Crippen LogP contribution is -2.41. The molecule has 1 heterocycles. The summed E-state index contributed by atoms with van der Waals surface area (Å²) in [5.41, 5.74) is 2.17. The molecule has 12 heavy (non-hydrogen) atoms. The van der Waals surface area contributed by atoms with Crippen molar-refractivity contribution in [3.8, 4) is 0 Å². The van der Waals surface area contributed by atoms with Crippen molar-refractivity contribution in [1.82, 2.24) is 5.43 Å². The number of nitrogens with one attached hydrogen (secondary N) is 1. The van der Waals surface area contributed by atoms with Gasteiger partial charge in [-0.3, -0.25) is 10.2 Å². The number of amides is 1. The molecule has 0 aromatic rings. The number of ether oxygens (including phenoxy) is 1. The van der Waals surface area contributed by atoms with Gasteiger partial charge >= 0.3 is 0 Å². The standard InChI is InChI=1S/C7H14N2O2S/c1-2-6(7(10)9-8)12-5-3-11-4-5/h5-6H,2-4,8H2,1H3,(H,9,10). The van der Waals surface area contributed by atoms with E-state index in [0.29, 0.717) is 5.25 Å². The molecule has 4 nitrogen and oxygen atoms in total. The molecular weight excluding hydrogens is 176 g/mol. The fraction of sp³-hybridized carbons (Fsp3) is 0.857. The summed E-state index contributed by atoms with van der Waals surface area (Å²) < 4.78 is 5.01. The minimum Gasteiger partial charge on any atom is -0.379 e. The summed E-state index contributed by atoms with van der Waals surface area (Å²) in [5, 5.41) is 0.455. The molecule has 0 spiro atoms. The Balaban J connectivity index is 2.28. The van der Waals surface area contributed by atoms with Gasteiger partial charge in [0.15, 0.2) is 0 Å². The lowest BCUT2D eigenvalue weighted by molar-refractivity contribution is -0.120. The molecule has 5 heteroatoms. The number of carbonyl (C=O) groups is 1. The third kappa shape index (κ3) is 2.36. The van der Waals surface area contributed by atoms with Gasteiger partial charge in [-0.1, -0.05) is 6.92 Å². The van der Waals surface area contributed by atoms with Crippen LogP contribution in [-0.4, -0.2) is 29.6 Å². The average Bonchev–Trinajstić information content (AvgIpc) is 2.02. The average molecular weight is 190 g/mol. The first-order chi connectivity index (χ1) is 5.77. The highest BCUT2D eigenvalue weighted by molar-refractivity contribution is 8.01. The Morgan fingerprint density at radius 2 is 2.50 bits per heavy atom. The molecule has 1 fully saturated rings. The molecule has 0 aromatic carbocycles. The van der Waals surface area contributed by atoms with Crippen LogP contribution >= 0.6 is 11.8 Å². The fourth-order valence-electron chi connectivity index (χ4n) is 0.961. The maximum Gasteiger partial charge on any atom is 0.246 e. The van der Waals surface area contributed by atoms with Crippen LogP contribution in [-0.2, 0) is 9.53 Å². The van der Waals surface area contributed by atoms with Crippen molar-refractivity contribution in [3.63, 3.8) is 0 Å². The van der Waals surface area contributed by atoms with Crippen LogP contribution in [0.15, 0.2) is 0 Å². The van der Waals surface area contributed by atoms with Gasteiger partial charge in [-0.05, 0) is 6.42 Å². The summed E-state index contributed by atoms with van der Waals surface area (Å²) in [6.45, 7) is 3.50. The van der Waals surface area contributed by atoms with Crippen LogP contribution < -0.4 is 11.3 Å². The molecule has 0 saturated carbocycles. The highest BCUT2D eigenvalue weighted by Crippen LogP contribution is 2.25. The molecule has 1 amide bonds. The van der Waals surface area contributed by atoms with Gasteiger partial charge in [-0.2, -0.15) is 0 Å². The number of hydrogen-bond donors (Lipinski definition) is 2. The van der Waals surface area contributed by atoms with Crippen molar-refractivity contribution in [2.24, 2.45) is 5.84 Å². The molecule has 1 atom stereocenters. The maximum atomic E-state index is 11.1. The van der Waals surface area contributed by atoms with Gasteiger partial charge < -0.3 is 4.74 Å². The van der Waals surface area contributed by atoms with Gasteiger partial charge in [0, 0.05) is 0 Å². The summed E-state index contributed by atoms with van der Waals surface area (Å²) in [7, 11) is 0. The van der Waals surface area contributed by atoms with E-state index in [1.807, 2.05) is 6.92 Å². The second kappa shape index (κ2) is 4.69. The van der Waals surface area contributed by atoms with Crippen molar-refractivity contribution >= 4 is 17.7 Å². The number of carbonyl (C=O) groups excluding carboxylic acids is 1. The monoisotopic (exact) mass is 190 g/mol. The quantitative estimate of drug-likeness (QED) is 0.369. The normalized spacial score (nSPS) is 19.8. The van der Waals surface area contributed by atoms with E-state index in [0.717, 1.165) is 19.6 Å². The first kappa shape index (κ1) is 9.83. The summed E-state index contributed by atoms with van der Waals surface area (Å²) in [5.74, 6) is 4.95. The third-order valence-electron chi connectivity index (χ3n) is 1.77. The molecular formula is C7H14N2O2S. The number of nitrogens with two attached hydrogens (primary N) is 1. The molecule has 0 aliphatic carbocycles. The largest absolute Gasteiger partial charge is 0.379 e. The van der Waals surface area contributed by atoms with Gasteiger partial charge in [0.1, 0.15) is 0 Å². The van der Waals surface area contributed by atoms with Gasteiger partial charge in [-0.15, -0.1) is 11.8 Å². The topological polar surface area (TPSA) is 64.3 Å². The van der Waals surface area contributed by atoms with E-state index in [1.165, 1.54) is 0 Å².